The lowest BCUT2D eigenvalue weighted by Crippen LogP contribution is -2.08. The first-order chi connectivity index (χ1) is 10.1. The zero-order valence-electron chi connectivity index (χ0n) is 12.8. The van der Waals surface area contributed by atoms with E-state index in [1.54, 1.807) is 23.5 Å². The first kappa shape index (κ1) is 16.3. The molecule has 0 spiro atoms. The predicted molar refractivity (Wildman–Crippen MR) is 93.1 cm³/mol. The number of hydrogen-bond donors (Lipinski definition) is 0. The summed E-state index contributed by atoms with van der Waals surface area (Å²) in [4.78, 5) is 21.6. The molecule has 0 saturated carbocycles. The number of rotatable bonds is 6. The Labute approximate surface area is 134 Å². The van der Waals surface area contributed by atoms with Crippen LogP contribution in [0.1, 0.15) is 35.6 Å². The van der Waals surface area contributed by atoms with Gasteiger partial charge in [0, 0.05) is 23.0 Å². The van der Waals surface area contributed by atoms with Gasteiger partial charge in [-0.2, -0.15) is 23.5 Å². The molecule has 3 nitrogen and oxygen atoms in total. The van der Waals surface area contributed by atoms with Crippen molar-refractivity contribution in [3.63, 3.8) is 0 Å². The van der Waals surface area contributed by atoms with Crippen molar-refractivity contribution in [3.8, 4) is 0 Å². The van der Waals surface area contributed by atoms with E-state index in [4.69, 9.17) is 9.97 Å². The summed E-state index contributed by atoms with van der Waals surface area (Å²) in [7, 11) is 0. The van der Waals surface area contributed by atoms with Gasteiger partial charge in [0.05, 0.1) is 22.4 Å². The molecule has 0 fully saturated rings. The van der Waals surface area contributed by atoms with Gasteiger partial charge in [-0.1, -0.05) is 13.8 Å². The summed E-state index contributed by atoms with van der Waals surface area (Å²) in [5.41, 5.74) is 4.48. The Balaban J connectivity index is 2.51. The average molecular weight is 320 g/mol. The maximum atomic E-state index is 12.1. The van der Waals surface area contributed by atoms with E-state index in [0.29, 0.717) is 0 Å². The van der Waals surface area contributed by atoms with Gasteiger partial charge < -0.3 is 0 Å². The molecule has 0 bridgehead atoms. The summed E-state index contributed by atoms with van der Waals surface area (Å²) >= 11 is 3.49. The number of fused-ring (bicyclic) bond motifs is 1. The summed E-state index contributed by atoms with van der Waals surface area (Å²) in [6.07, 6.45) is 4.13. The SMILES string of the molecule is CSCc1nc2ccc(C(=O)C(C)C)cc2nc1CSC. The number of Topliss-reactive ketones (excluding diaryl/α,β-unsaturated/α-hetero) is 1. The van der Waals surface area contributed by atoms with Crippen molar-refractivity contribution < 1.29 is 4.79 Å². The second-order valence-electron chi connectivity index (χ2n) is 5.21. The molecule has 2 aromatic rings. The van der Waals surface area contributed by atoms with Crippen LogP contribution in [-0.4, -0.2) is 28.3 Å². The van der Waals surface area contributed by atoms with Gasteiger partial charge in [0.15, 0.2) is 5.78 Å². The molecule has 0 saturated heterocycles. The lowest BCUT2D eigenvalue weighted by atomic mass is 10.0. The van der Waals surface area contributed by atoms with Gasteiger partial charge in [-0.25, -0.2) is 9.97 Å². The van der Waals surface area contributed by atoms with Crippen LogP contribution in [0.4, 0.5) is 0 Å². The molecule has 0 atom stereocenters. The highest BCUT2D eigenvalue weighted by molar-refractivity contribution is 7.98. The van der Waals surface area contributed by atoms with E-state index >= 15 is 0 Å². The fourth-order valence-corrected chi connectivity index (χ4v) is 3.13. The fourth-order valence-electron chi connectivity index (χ4n) is 2.12. The van der Waals surface area contributed by atoms with Gasteiger partial charge in [-0.05, 0) is 30.7 Å². The minimum atomic E-state index is -0.00292. The van der Waals surface area contributed by atoms with Crippen LogP contribution in [-0.2, 0) is 11.5 Å². The molecule has 112 valence electrons. The molecule has 1 aromatic carbocycles. The average Bonchev–Trinajstić information content (AvgIpc) is 2.47. The number of thioether (sulfide) groups is 2. The van der Waals surface area contributed by atoms with E-state index in [1.807, 2.05) is 32.0 Å². The molecule has 0 amide bonds. The third-order valence-corrected chi connectivity index (χ3v) is 4.31. The Hall–Kier alpha value is -1.07. The Kier molecular flexibility index (Phi) is 5.65. The van der Waals surface area contributed by atoms with E-state index in [1.165, 1.54) is 0 Å². The van der Waals surface area contributed by atoms with Crippen molar-refractivity contribution in [3.05, 3.63) is 35.2 Å². The van der Waals surface area contributed by atoms with Crippen LogP contribution in [0.2, 0.25) is 0 Å². The quantitative estimate of drug-likeness (QED) is 0.746. The van der Waals surface area contributed by atoms with Crippen LogP contribution < -0.4 is 0 Å². The molecule has 21 heavy (non-hydrogen) atoms. The topological polar surface area (TPSA) is 42.9 Å². The minimum Gasteiger partial charge on any atom is -0.294 e. The second-order valence-corrected chi connectivity index (χ2v) is 6.94. The number of carbonyl (C=O) groups excluding carboxylic acids is 1. The molecule has 0 aliphatic rings. The fraction of sp³-hybridized carbons (Fsp3) is 0.438. The van der Waals surface area contributed by atoms with Gasteiger partial charge in [0.25, 0.3) is 0 Å². The molecule has 0 N–H and O–H groups in total. The number of aromatic nitrogens is 2. The van der Waals surface area contributed by atoms with Crippen LogP contribution in [0.5, 0.6) is 0 Å². The highest BCUT2D eigenvalue weighted by Gasteiger charge is 2.13. The molecule has 1 heterocycles. The molecule has 5 heteroatoms. The summed E-state index contributed by atoms with van der Waals surface area (Å²) in [5, 5.41) is 0. The van der Waals surface area contributed by atoms with Crippen LogP contribution in [0.15, 0.2) is 18.2 Å². The number of benzene rings is 1. The zero-order valence-corrected chi connectivity index (χ0v) is 14.5. The normalized spacial score (nSPS) is 11.3. The molecular weight excluding hydrogens is 300 g/mol. The zero-order chi connectivity index (χ0) is 15.4. The van der Waals surface area contributed by atoms with E-state index in [9.17, 15) is 4.79 Å². The number of carbonyl (C=O) groups is 1. The second kappa shape index (κ2) is 7.27. The Bertz CT molecular complexity index is 656. The highest BCUT2D eigenvalue weighted by Crippen LogP contribution is 2.21. The first-order valence-electron chi connectivity index (χ1n) is 6.88. The van der Waals surface area contributed by atoms with E-state index in [-0.39, 0.29) is 11.7 Å². The number of hydrogen-bond acceptors (Lipinski definition) is 5. The van der Waals surface area contributed by atoms with Gasteiger partial charge in [-0.3, -0.25) is 4.79 Å². The monoisotopic (exact) mass is 320 g/mol. The first-order valence-corrected chi connectivity index (χ1v) is 9.67. The van der Waals surface area contributed by atoms with Gasteiger partial charge >= 0.3 is 0 Å². The molecule has 0 aliphatic heterocycles. The molecule has 2 rings (SSSR count). The molecule has 0 radical (unpaired) electrons. The Morgan fingerprint density at radius 1 is 1.05 bits per heavy atom. The lowest BCUT2D eigenvalue weighted by molar-refractivity contribution is 0.0939. The largest absolute Gasteiger partial charge is 0.294 e. The van der Waals surface area contributed by atoms with Gasteiger partial charge in [0.2, 0.25) is 0 Å². The molecule has 0 aliphatic carbocycles. The summed E-state index contributed by atoms with van der Waals surface area (Å²) in [5.74, 6) is 1.86. The maximum absolute atomic E-state index is 12.1. The number of nitrogens with zero attached hydrogens (tertiary/aromatic N) is 2. The Morgan fingerprint density at radius 3 is 2.14 bits per heavy atom. The van der Waals surface area contributed by atoms with Crippen LogP contribution in [0.3, 0.4) is 0 Å². The van der Waals surface area contributed by atoms with Gasteiger partial charge in [0.1, 0.15) is 0 Å². The third-order valence-electron chi connectivity index (χ3n) is 3.19. The van der Waals surface area contributed by atoms with Crippen molar-refractivity contribution in [1.82, 2.24) is 9.97 Å². The van der Waals surface area contributed by atoms with Crippen molar-refractivity contribution in [1.29, 1.82) is 0 Å². The van der Waals surface area contributed by atoms with Crippen molar-refractivity contribution in [2.24, 2.45) is 5.92 Å². The van der Waals surface area contributed by atoms with Crippen LogP contribution in [0, 0.1) is 5.92 Å². The Morgan fingerprint density at radius 2 is 1.62 bits per heavy atom. The maximum Gasteiger partial charge on any atom is 0.165 e. The van der Waals surface area contributed by atoms with E-state index in [2.05, 4.69) is 12.5 Å². The van der Waals surface area contributed by atoms with Crippen LogP contribution in [0.25, 0.3) is 11.0 Å². The third kappa shape index (κ3) is 3.77. The van der Waals surface area contributed by atoms with E-state index < -0.39 is 0 Å². The predicted octanol–water partition coefficient (Wildman–Crippen LogP) is 4.19. The molecule has 1 aromatic heterocycles. The van der Waals surface area contributed by atoms with Crippen molar-refractivity contribution in [2.75, 3.05) is 12.5 Å². The molecule has 0 unspecified atom stereocenters. The summed E-state index contributed by atoms with van der Waals surface area (Å²) < 4.78 is 0. The van der Waals surface area contributed by atoms with Crippen LogP contribution >= 0.6 is 23.5 Å². The highest BCUT2D eigenvalue weighted by atomic mass is 32.2. The summed E-state index contributed by atoms with van der Waals surface area (Å²) in [6.45, 7) is 3.83. The smallest absolute Gasteiger partial charge is 0.165 e. The summed E-state index contributed by atoms with van der Waals surface area (Å²) in [6, 6.07) is 5.64. The van der Waals surface area contributed by atoms with E-state index in [0.717, 1.165) is 39.5 Å². The standard InChI is InChI=1S/C16H20N2OS2/c1-10(2)16(19)11-5-6-12-13(7-11)18-15(9-21-4)14(17-12)8-20-3/h5-7,10H,8-9H2,1-4H3. The molecular formula is C16H20N2OS2. The van der Waals surface area contributed by atoms with Gasteiger partial charge in [-0.15, -0.1) is 0 Å². The lowest BCUT2D eigenvalue weighted by Gasteiger charge is -2.10. The minimum absolute atomic E-state index is 0.00292. The van der Waals surface area contributed by atoms with Crippen molar-refractivity contribution >= 4 is 40.3 Å². The number of ketones is 1. The van der Waals surface area contributed by atoms with Crippen molar-refractivity contribution in [2.45, 2.75) is 25.4 Å².